The Morgan fingerprint density at radius 3 is 2.36 bits per heavy atom. The van der Waals surface area contributed by atoms with Gasteiger partial charge in [-0.25, -0.2) is 0 Å². The first-order valence-corrected chi connectivity index (χ1v) is 17.3. The van der Waals surface area contributed by atoms with Gasteiger partial charge in [0.05, 0.1) is 18.8 Å². The molecule has 0 bridgehead atoms. The van der Waals surface area contributed by atoms with Crippen LogP contribution in [-0.2, 0) is 18.9 Å². The highest BCUT2D eigenvalue weighted by Crippen LogP contribution is 2.72. The molecule has 4 aliphatic carbocycles. The SMILES string of the molecule is CO[C@]1(CC[C@@H](C)CO)O[C@H]2C[C@H]3[C@@H]4CC[C@H]5C[C@@H](O[C@@H]6O[C@H](CO)[C@@H](O)[C@H](O)[C@H]6O)CC[C@]5(C)[C@H]4CC[C@]3(C)[C@@]2(O)[C@@H]1C. The molecular formula is C34H58O10. The minimum Gasteiger partial charge on any atom is -0.396 e. The minimum absolute atomic E-state index is 0.128. The zero-order valence-corrected chi connectivity index (χ0v) is 27.3. The van der Waals surface area contributed by atoms with Gasteiger partial charge in [-0.3, -0.25) is 0 Å². The van der Waals surface area contributed by atoms with Crippen LogP contribution >= 0.6 is 0 Å². The summed E-state index contributed by atoms with van der Waals surface area (Å²) >= 11 is 0. The van der Waals surface area contributed by atoms with E-state index in [1.807, 2.05) is 6.92 Å². The van der Waals surface area contributed by atoms with Crippen LogP contribution in [0.25, 0.3) is 0 Å². The van der Waals surface area contributed by atoms with E-state index < -0.39 is 48.7 Å². The summed E-state index contributed by atoms with van der Waals surface area (Å²) in [5.41, 5.74) is -1.06. The van der Waals surface area contributed by atoms with Crippen LogP contribution in [0.4, 0.5) is 0 Å². The van der Waals surface area contributed by atoms with Crippen molar-refractivity contribution in [3.05, 3.63) is 0 Å². The first kappa shape index (κ1) is 33.5. The maximum Gasteiger partial charge on any atom is 0.186 e. The van der Waals surface area contributed by atoms with Crippen molar-refractivity contribution in [3.8, 4) is 0 Å². The summed E-state index contributed by atoms with van der Waals surface area (Å²) in [6.45, 7) is 8.59. The molecule has 0 spiro atoms. The van der Waals surface area contributed by atoms with Crippen LogP contribution in [0.2, 0.25) is 0 Å². The van der Waals surface area contributed by atoms with E-state index in [1.54, 1.807) is 7.11 Å². The predicted molar refractivity (Wildman–Crippen MR) is 160 cm³/mol. The largest absolute Gasteiger partial charge is 0.396 e. The normalized spacial score (nSPS) is 56.0. The number of ether oxygens (including phenoxy) is 4. The molecule has 0 aromatic heterocycles. The summed E-state index contributed by atoms with van der Waals surface area (Å²) in [6.07, 6.45) is 2.55. The summed E-state index contributed by atoms with van der Waals surface area (Å²) in [6, 6.07) is 0. The summed E-state index contributed by atoms with van der Waals surface area (Å²) in [5.74, 6) is 1.06. The number of hydrogen-bond donors (Lipinski definition) is 6. The van der Waals surface area contributed by atoms with Crippen molar-refractivity contribution in [2.45, 2.75) is 146 Å². The smallest absolute Gasteiger partial charge is 0.186 e. The van der Waals surface area contributed by atoms with Gasteiger partial charge in [0, 0.05) is 31.5 Å². The molecule has 10 heteroatoms. The molecule has 2 heterocycles. The van der Waals surface area contributed by atoms with E-state index in [1.165, 1.54) is 0 Å². The number of rotatable bonds is 8. The molecule has 254 valence electrons. The Hall–Kier alpha value is -0.400. The first-order valence-electron chi connectivity index (χ1n) is 17.3. The first-order chi connectivity index (χ1) is 20.8. The molecule has 4 saturated carbocycles. The van der Waals surface area contributed by atoms with Gasteiger partial charge in [-0.15, -0.1) is 0 Å². The number of methoxy groups -OCH3 is 1. The van der Waals surface area contributed by atoms with Gasteiger partial charge >= 0.3 is 0 Å². The van der Waals surface area contributed by atoms with Crippen LogP contribution in [0.3, 0.4) is 0 Å². The molecule has 0 aromatic carbocycles. The maximum atomic E-state index is 12.7. The lowest BCUT2D eigenvalue weighted by Gasteiger charge is -2.62. The summed E-state index contributed by atoms with van der Waals surface area (Å²) in [7, 11) is 1.70. The molecule has 6 fully saturated rings. The number of fused-ring (bicyclic) bond motifs is 7. The van der Waals surface area contributed by atoms with Gasteiger partial charge in [0.2, 0.25) is 0 Å². The highest BCUT2D eigenvalue weighted by atomic mass is 16.7. The van der Waals surface area contributed by atoms with E-state index >= 15 is 0 Å². The Kier molecular flexibility index (Phi) is 9.09. The number of aliphatic hydroxyl groups is 6. The lowest BCUT2D eigenvalue weighted by atomic mass is 9.44. The molecular weight excluding hydrogens is 568 g/mol. The molecule has 0 amide bonds. The van der Waals surface area contributed by atoms with Crippen molar-refractivity contribution in [1.82, 2.24) is 0 Å². The molecule has 10 nitrogen and oxygen atoms in total. The van der Waals surface area contributed by atoms with Crippen molar-refractivity contribution >= 4 is 0 Å². The average Bonchev–Trinajstić information content (AvgIpc) is 3.38. The third kappa shape index (κ3) is 4.79. The summed E-state index contributed by atoms with van der Waals surface area (Å²) in [5, 5.41) is 62.8. The Morgan fingerprint density at radius 2 is 1.68 bits per heavy atom. The van der Waals surface area contributed by atoms with Crippen molar-refractivity contribution in [1.29, 1.82) is 0 Å². The van der Waals surface area contributed by atoms with E-state index in [0.717, 1.165) is 57.8 Å². The zero-order valence-electron chi connectivity index (χ0n) is 27.3. The molecule has 2 saturated heterocycles. The van der Waals surface area contributed by atoms with Crippen LogP contribution in [-0.4, -0.2) is 105 Å². The van der Waals surface area contributed by atoms with E-state index in [0.29, 0.717) is 30.1 Å². The summed E-state index contributed by atoms with van der Waals surface area (Å²) in [4.78, 5) is 0. The fourth-order valence-corrected chi connectivity index (χ4v) is 11.5. The molecule has 6 aliphatic rings. The number of aliphatic hydroxyl groups excluding tert-OH is 5. The summed E-state index contributed by atoms with van der Waals surface area (Å²) < 4.78 is 24.7. The van der Waals surface area contributed by atoms with Gasteiger partial charge < -0.3 is 49.6 Å². The van der Waals surface area contributed by atoms with Gasteiger partial charge in [-0.1, -0.05) is 27.7 Å². The van der Waals surface area contributed by atoms with E-state index in [4.69, 9.17) is 18.9 Å². The Morgan fingerprint density at radius 1 is 0.932 bits per heavy atom. The minimum atomic E-state index is -1.43. The van der Waals surface area contributed by atoms with Gasteiger partial charge in [0.25, 0.3) is 0 Å². The fraction of sp³-hybridized carbons (Fsp3) is 1.00. The molecule has 6 N–H and O–H groups in total. The second-order valence-electron chi connectivity index (χ2n) is 16.1. The topological polar surface area (TPSA) is 158 Å². The fourth-order valence-electron chi connectivity index (χ4n) is 11.5. The van der Waals surface area contributed by atoms with Crippen LogP contribution in [0.1, 0.15) is 91.9 Å². The maximum absolute atomic E-state index is 12.7. The van der Waals surface area contributed by atoms with Crippen LogP contribution < -0.4 is 0 Å². The molecule has 44 heavy (non-hydrogen) atoms. The van der Waals surface area contributed by atoms with Crippen molar-refractivity contribution in [3.63, 3.8) is 0 Å². The Labute approximate surface area is 262 Å². The van der Waals surface area contributed by atoms with Gasteiger partial charge in [0.15, 0.2) is 12.1 Å². The molecule has 2 aliphatic heterocycles. The molecule has 0 unspecified atom stereocenters. The van der Waals surface area contributed by atoms with Crippen molar-refractivity contribution in [2.24, 2.45) is 46.3 Å². The van der Waals surface area contributed by atoms with Crippen molar-refractivity contribution in [2.75, 3.05) is 20.3 Å². The second kappa shape index (κ2) is 11.9. The third-order valence-electron chi connectivity index (χ3n) is 14.4. The predicted octanol–water partition coefficient (Wildman–Crippen LogP) is 2.34. The van der Waals surface area contributed by atoms with Gasteiger partial charge in [-0.2, -0.15) is 0 Å². The van der Waals surface area contributed by atoms with E-state index in [9.17, 15) is 30.6 Å². The van der Waals surface area contributed by atoms with E-state index in [2.05, 4.69) is 20.8 Å². The molecule has 0 radical (unpaired) electrons. The Balaban J connectivity index is 1.14. The van der Waals surface area contributed by atoms with Crippen molar-refractivity contribution < 1.29 is 49.6 Å². The highest BCUT2D eigenvalue weighted by molar-refractivity contribution is 5.23. The van der Waals surface area contributed by atoms with Gasteiger partial charge in [-0.05, 0) is 92.8 Å². The molecule has 0 aromatic rings. The third-order valence-corrected chi connectivity index (χ3v) is 14.4. The van der Waals surface area contributed by atoms with Crippen LogP contribution in [0, 0.1) is 46.3 Å². The quantitative estimate of drug-likeness (QED) is 0.221. The lowest BCUT2D eigenvalue weighted by Crippen LogP contribution is -2.61. The average molecular weight is 627 g/mol. The number of hydrogen-bond acceptors (Lipinski definition) is 10. The van der Waals surface area contributed by atoms with Gasteiger partial charge in [0.1, 0.15) is 30.0 Å². The zero-order chi connectivity index (χ0) is 31.8. The second-order valence-corrected chi connectivity index (χ2v) is 16.1. The van der Waals surface area contributed by atoms with Crippen LogP contribution in [0.15, 0.2) is 0 Å². The van der Waals surface area contributed by atoms with E-state index in [-0.39, 0.29) is 41.5 Å². The lowest BCUT2D eigenvalue weighted by molar-refractivity contribution is -0.316. The Bertz CT molecular complexity index is 1030. The standard InChI is InChI=1S/C34H58O10/c1-18(16-35)8-13-33(41-5)19(2)34(40)26(44-33)15-24-22-7-6-20-14-21(9-11-31(20,3)23(22)10-12-32(24,34)4)42-30-29(39)28(38)27(37)25(17-36)43-30/h18-30,35-40H,6-17H2,1-5H3/t18-,19-,20+,21+,22-,23+,24+,25-,26+,27-,28+,29-,30-,31+,32+,33-,34-/m1/s1. The highest BCUT2D eigenvalue weighted by Gasteiger charge is 2.76. The van der Waals surface area contributed by atoms with Crippen LogP contribution in [0.5, 0.6) is 0 Å². The molecule has 17 atom stereocenters. The molecule has 6 rings (SSSR count). The monoisotopic (exact) mass is 626 g/mol.